The molecule has 20 heavy (non-hydrogen) atoms. The van der Waals surface area contributed by atoms with Crippen molar-refractivity contribution in [2.24, 2.45) is 0 Å². The highest BCUT2D eigenvalue weighted by molar-refractivity contribution is 5.33. The van der Waals surface area contributed by atoms with Crippen molar-refractivity contribution < 1.29 is 9.84 Å². The molecule has 4 heteroatoms. The predicted octanol–water partition coefficient (Wildman–Crippen LogP) is 3.33. The number of rotatable bonds is 5. The van der Waals surface area contributed by atoms with E-state index in [9.17, 15) is 5.11 Å². The highest BCUT2D eigenvalue weighted by Gasteiger charge is 2.17. The third-order valence-electron chi connectivity index (χ3n) is 3.08. The van der Waals surface area contributed by atoms with Gasteiger partial charge in [-0.2, -0.15) is 0 Å². The van der Waals surface area contributed by atoms with Gasteiger partial charge in [-0.3, -0.25) is 0 Å². The topological polar surface area (TPSA) is 47.3 Å². The van der Waals surface area contributed by atoms with E-state index in [1.165, 1.54) is 0 Å². The zero-order valence-electron chi connectivity index (χ0n) is 12.4. The fourth-order valence-electron chi connectivity index (χ4n) is 2.16. The summed E-state index contributed by atoms with van der Waals surface area (Å²) in [5.74, 6) is 0.771. The van der Waals surface area contributed by atoms with E-state index in [-0.39, 0.29) is 12.1 Å². The Hall–Kier alpha value is -1.81. The van der Waals surface area contributed by atoms with E-state index < -0.39 is 6.10 Å². The summed E-state index contributed by atoms with van der Waals surface area (Å²) in [4.78, 5) is 4.13. The molecule has 0 aliphatic heterocycles. The van der Waals surface area contributed by atoms with Gasteiger partial charge in [-0.15, -0.1) is 0 Å². The van der Waals surface area contributed by atoms with E-state index in [1.54, 1.807) is 12.5 Å². The van der Waals surface area contributed by atoms with Crippen molar-refractivity contribution in [3.8, 4) is 5.75 Å². The lowest BCUT2D eigenvalue weighted by Gasteiger charge is -2.18. The highest BCUT2D eigenvalue weighted by Crippen LogP contribution is 2.26. The van der Waals surface area contributed by atoms with Crippen LogP contribution in [-0.2, 0) is 0 Å². The maximum atomic E-state index is 10.6. The molecule has 0 aliphatic rings. The third kappa shape index (κ3) is 3.20. The summed E-state index contributed by atoms with van der Waals surface area (Å²) in [6.07, 6.45) is 2.87. The summed E-state index contributed by atoms with van der Waals surface area (Å²) in [7, 11) is 0. The first-order valence-electron chi connectivity index (χ1n) is 6.95. The number of benzene rings is 1. The first kappa shape index (κ1) is 14.6. The first-order chi connectivity index (χ1) is 9.49. The summed E-state index contributed by atoms with van der Waals surface area (Å²) in [6, 6.07) is 7.83. The van der Waals surface area contributed by atoms with Gasteiger partial charge in [0.15, 0.2) is 0 Å². The Morgan fingerprint density at radius 3 is 2.60 bits per heavy atom. The molecule has 2 rings (SSSR count). The number of hydrogen-bond acceptors (Lipinski definition) is 3. The number of nitrogens with zero attached hydrogens (tertiary/aromatic N) is 2. The average Bonchev–Trinajstić information content (AvgIpc) is 2.86. The Morgan fingerprint density at radius 2 is 1.95 bits per heavy atom. The lowest BCUT2D eigenvalue weighted by atomic mass is 10.1. The van der Waals surface area contributed by atoms with E-state index in [1.807, 2.05) is 42.7 Å². The molecule has 1 unspecified atom stereocenters. The van der Waals surface area contributed by atoms with Crippen LogP contribution < -0.4 is 4.74 Å². The Bertz CT molecular complexity index is 561. The van der Waals surface area contributed by atoms with Crippen LogP contribution >= 0.6 is 0 Å². The second kappa shape index (κ2) is 6.09. The molecule has 0 fully saturated rings. The number of ether oxygens (including phenoxy) is 1. The van der Waals surface area contributed by atoms with Crippen molar-refractivity contribution in [1.29, 1.82) is 0 Å². The molecule has 0 aliphatic carbocycles. The number of aromatic nitrogens is 2. The Balaban J connectivity index is 2.28. The molecule has 0 saturated heterocycles. The van der Waals surface area contributed by atoms with E-state index in [0.29, 0.717) is 0 Å². The smallest absolute Gasteiger partial charge is 0.121 e. The van der Waals surface area contributed by atoms with Gasteiger partial charge in [-0.05, 0) is 45.4 Å². The van der Waals surface area contributed by atoms with Crippen LogP contribution in [0.2, 0.25) is 0 Å². The van der Waals surface area contributed by atoms with Gasteiger partial charge in [0, 0.05) is 6.04 Å². The summed E-state index contributed by atoms with van der Waals surface area (Å²) in [5.41, 5.74) is 1.60. The Kier molecular flexibility index (Phi) is 4.45. The molecule has 108 valence electrons. The summed E-state index contributed by atoms with van der Waals surface area (Å²) in [6.45, 7) is 8.10. The third-order valence-corrected chi connectivity index (χ3v) is 3.08. The van der Waals surface area contributed by atoms with Crippen LogP contribution in [0.1, 0.15) is 51.1 Å². The molecule has 0 bridgehead atoms. The molecule has 4 nitrogen and oxygen atoms in total. The molecule has 1 aromatic heterocycles. The predicted molar refractivity (Wildman–Crippen MR) is 78.9 cm³/mol. The Labute approximate surface area is 120 Å². The van der Waals surface area contributed by atoms with E-state index >= 15 is 0 Å². The normalized spacial score (nSPS) is 12.9. The van der Waals surface area contributed by atoms with Crippen molar-refractivity contribution >= 4 is 0 Å². The largest absolute Gasteiger partial charge is 0.491 e. The maximum absolute atomic E-state index is 10.6. The van der Waals surface area contributed by atoms with Crippen LogP contribution in [0.3, 0.4) is 0 Å². The standard InChI is InChI=1S/C16H22N2O2/c1-11(2)18-10-17-9-15(18)16(19)13-6-5-7-14(8-13)20-12(3)4/h5-12,16,19H,1-4H3. The summed E-state index contributed by atoms with van der Waals surface area (Å²) < 4.78 is 7.64. The van der Waals surface area contributed by atoms with Crippen LogP contribution in [0.25, 0.3) is 0 Å². The second-order valence-electron chi connectivity index (χ2n) is 5.46. The molecule has 0 spiro atoms. The molecule has 0 radical (unpaired) electrons. The first-order valence-corrected chi connectivity index (χ1v) is 6.95. The van der Waals surface area contributed by atoms with Gasteiger partial charge in [0.2, 0.25) is 0 Å². The molecule has 1 N–H and O–H groups in total. The molecular weight excluding hydrogens is 252 g/mol. The second-order valence-corrected chi connectivity index (χ2v) is 5.46. The number of aliphatic hydroxyl groups is 1. The molecule has 0 saturated carbocycles. The van der Waals surface area contributed by atoms with E-state index in [2.05, 4.69) is 18.8 Å². The zero-order chi connectivity index (χ0) is 14.7. The molecule has 2 aromatic rings. The van der Waals surface area contributed by atoms with Crippen LogP contribution in [0, 0.1) is 0 Å². The quantitative estimate of drug-likeness (QED) is 0.909. The van der Waals surface area contributed by atoms with Gasteiger partial charge in [0.1, 0.15) is 11.9 Å². The average molecular weight is 274 g/mol. The van der Waals surface area contributed by atoms with E-state index in [0.717, 1.165) is 17.0 Å². The maximum Gasteiger partial charge on any atom is 0.121 e. The number of aliphatic hydroxyl groups excluding tert-OH is 1. The van der Waals surface area contributed by atoms with E-state index in [4.69, 9.17) is 4.74 Å². The van der Waals surface area contributed by atoms with Gasteiger partial charge in [0.05, 0.1) is 24.3 Å². The fraction of sp³-hybridized carbons (Fsp3) is 0.438. The minimum Gasteiger partial charge on any atom is -0.491 e. The molecule has 1 aromatic carbocycles. The monoisotopic (exact) mass is 274 g/mol. The van der Waals surface area contributed by atoms with Gasteiger partial charge in [-0.1, -0.05) is 12.1 Å². The van der Waals surface area contributed by atoms with Crippen molar-refractivity contribution in [3.05, 3.63) is 48.0 Å². The number of hydrogen-bond donors (Lipinski definition) is 1. The van der Waals surface area contributed by atoms with Gasteiger partial charge < -0.3 is 14.4 Å². The molecular formula is C16H22N2O2. The molecule has 1 heterocycles. The van der Waals surface area contributed by atoms with Crippen molar-refractivity contribution in [2.75, 3.05) is 0 Å². The zero-order valence-corrected chi connectivity index (χ0v) is 12.4. The Morgan fingerprint density at radius 1 is 1.20 bits per heavy atom. The molecule has 0 amide bonds. The van der Waals surface area contributed by atoms with Crippen LogP contribution in [-0.4, -0.2) is 20.8 Å². The van der Waals surface area contributed by atoms with Gasteiger partial charge >= 0.3 is 0 Å². The van der Waals surface area contributed by atoms with Crippen LogP contribution in [0.15, 0.2) is 36.8 Å². The minimum absolute atomic E-state index is 0.114. The number of imidazole rings is 1. The SMILES string of the molecule is CC(C)Oc1cccc(C(O)c2cncn2C(C)C)c1. The van der Waals surface area contributed by atoms with Gasteiger partial charge in [0.25, 0.3) is 0 Å². The lowest BCUT2D eigenvalue weighted by Crippen LogP contribution is -2.10. The van der Waals surface area contributed by atoms with Crippen molar-refractivity contribution in [1.82, 2.24) is 9.55 Å². The molecule has 1 atom stereocenters. The van der Waals surface area contributed by atoms with Crippen molar-refractivity contribution in [3.63, 3.8) is 0 Å². The van der Waals surface area contributed by atoms with Gasteiger partial charge in [-0.25, -0.2) is 4.98 Å². The van der Waals surface area contributed by atoms with Crippen molar-refractivity contribution in [2.45, 2.75) is 45.9 Å². The fourth-order valence-corrected chi connectivity index (χ4v) is 2.16. The van der Waals surface area contributed by atoms with Crippen LogP contribution in [0.5, 0.6) is 5.75 Å². The lowest BCUT2D eigenvalue weighted by molar-refractivity contribution is 0.205. The van der Waals surface area contributed by atoms with Crippen LogP contribution in [0.4, 0.5) is 0 Å². The summed E-state index contributed by atoms with van der Waals surface area (Å²) >= 11 is 0. The highest BCUT2D eigenvalue weighted by atomic mass is 16.5. The summed E-state index contributed by atoms with van der Waals surface area (Å²) in [5, 5.41) is 10.6. The minimum atomic E-state index is -0.699.